The summed E-state index contributed by atoms with van der Waals surface area (Å²) in [6.45, 7) is 1.78. The van der Waals surface area contributed by atoms with Gasteiger partial charge in [0.05, 0.1) is 10.2 Å². The molecule has 0 saturated carbocycles. The van der Waals surface area contributed by atoms with E-state index in [2.05, 4.69) is 21.1 Å². The second-order valence-electron chi connectivity index (χ2n) is 2.53. The summed E-state index contributed by atoms with van der Waals surface area (Å²) in [6, 6.07) is 2.76. The first-order valence-corrected chi connectivity index (χ1v) is 4.19. The van der Waals surface area contributed by atoms with Gasteiger partial charge in [0, 0.05) is 5.39 Å². The van der Waals surface area contributed by atoms with Crippen molar-refractivity contribution in [3.8, 4) is 0 Å². The second kappa shape index (κ2) is 2.55. The van der Waals surface area contributed by atoms with Crippen molar-refractivity contribution < 1.29 is 8.91 Å². The van der Waals surface area contributed by atoms with E-state index in [4.69, 9.17) is 4.52 Å². The zero-order valence-electron chi connectivity index (χ0n) is 6.27. The van der Waals surface area contributed by atoms with Gasteiger partial charge in [-0.1, -0.05) is 5.16 Å². The van der Waals surface area contributed by atoms with E-state index in [1.54, 1.807) is 6.92 Å². The van der Waals surface area contributed by atoms with Crippen LogP contribution in [0, 0.1) is 12.7 Å². The maximum absolute atomic E-state index is 12.9. The number of aryl methyl sites for hydroxylation is 1. The quantitative estimate of drug-likeness (QED) is 0.695. The Balaban J connectivity index is 2.92. The number of hydrogen-bond acceptors (Lipinski definition) is 2. The van der Waals surface area contributed by atoms with Crippen molar-refractivity contribution in [1.29, 1.82) is 0 Å². The molecule has 1 aromatic carbocycles. The van der Waals surface area contributed by atoms with Gasteiger partial charge in [-0.3, -0.25) is 0 Å². The Morgan fingerprint density at radius 3 is 3.00 bits per heavy atom. The number of halogens is 2. The van der Waals surface area contributed by atoms with E-state index in [0.717, 1.165) is 0 Å². The molecule has 4 heteroatoms. The molecule has 12 heavy (non-hydrogen) atoms. The Morgan fingerprint density at radius 1 is 1.50 bits per heavy atom. The zero-order valence-corrected chi connectivity index (χ0v) is 7.85. The van der Waals surface area contributed by atoms with Crippen LogP contribution in [-0.2, 0) is 0 Å². The molecule has 2 rings (SSSR count). The molecule has 0 aliphatic rings. The highest BCUT2D eigenvalue weighted by Gasteiger charge is 2.08. The summed E-state index contributed by atoms with van der Waals surface area (Å²) >= 11 is 3.19. The molecular formula is C8H5BrFNO. The van der Waals surface area contributed by atoms with E-state index < -0.39 is 0 Å². The van der Waals surface area contributed by atoms with E-state index >= 15 is 0 Å². The fraction of sp³-hybridized carbons (Fsp3) is 0.125. The predicted molar refractivity (Wildman–Crippen MR) is 46.4 cm³/mol. The lowest BCUT2D eigenvalue weighted by Crippen LogP contribution is -1.76. The van der Waals surface area contributed by atoms with Crippen LogP contribution in [0.2, 0.25) is 0 Å². The Morgan fingerprint density at radius 2 is 2.25 bits per heavy atom. The third-order valence-electron chi connectivity index (χ3n) is 1.67. The van der Waals surface area contributed by atoms with Crippen LogP contribution < -0.4 is 0 Å². The summed E-state index contributed by atoms with van der Waals surface area (Å²) in [5.41, 5.74) is 1.29. The van der Waals surface area contributed by atoms with Crippen LogP contribution in [0.15, 0.2) is 21.1 Å². The number of fused-ring (bicyclic) bond motifs is 1. The van der Waals surface area contributed by atoms with Crippen molar-refractivity contribution >= 4 is 26.9 Å². The first-order chi connectivity index (χ1) is 5.68. The number of hydrogen-bond donors (Lipinski definition) is 0. The molecule has 0 spiro atoms. The molecule has 0 fully saturated rings. The van der Waals surface area contributed by atoms with Gasteiger partial charge in [0.15, 0.2) is 5.58 Å². The van der Waals surface area contributed by atoms with Crippen molar-refractivity contribution in [1.82, 2.24) is 5.16 Å². The molecule has 0 unspecified atom stereocenters. The maximum atomic E-state index is 12.9. The fourth-order valence-corrected chi connectivity index (χ4v) is 1.59. The lowest BCUT2D eigenvalue weighted by atomic mass is 10.2. The number of nitrogens with zero attached hydrogens (tertiary/aromatic N) is 1. The average molecular weight is 230 g/mol. The molecule has 0 radical (unpaired) electrons. The lowest BCUT2D eigenvalue weighted by Gasteiger charge is -1.91. The zero-order chi connectivity index (χ0) is 8.72. The van der Waals surface area contributed by atoms with E-state index in [9.17, 15) is 4.39 Å². The Bertz CT molecular complexity index is 438. The average Bonchev–Trinajstić information content (AvgIpc) is 2.33. The minimum Gasteiger partial charge on any atom is -0.355 e. The van der Waals surface area contributed by atoms with Gasteiger partial charge in [-0.15, -0.1) is 0 Å². The maximum Gasteiger partial charge on any atom is 0.181 e. The predicted octanol–water partition coefficient (Wildman–Crippen LogP) is 3.04. The van der Waals surface area contributed by atoms with Crippen LogP contribution in [-0.4, -0.2) is 5.16 Å². The van der Waals surface area contributed by atoms with Gasteiger partial charge in [0.1, 0.15) is 5.82 Å². The van der Waals surface area contributed by atoms with Gasteiger partial charge in [-0.25, -0.2) is 4.39 Å². The van der Waals surface area contributed by atoms with E-state index in [1.165, 1.54) is 12.1 Å². The minimum absolute atomic E-state index is 0.291. The Hall–Kier alpha value is -0.900. The molecule has 0 aliphatic carbocycles. The summed E-state index contributed by atoms with van der Waals surface area (Å²) in [7, 11) is 0. The summed E-state index contributed by atoms with van der Waals surface area (Å²) in [6.07, 6.45) is 0. The summed E-state index contributed by atoms with van der Waals surface area (Å²) < 4.78 is 18.4. The molecule has 1 heterocycles. The van der Waals surface area contributed by atoms with Crippen LogP contribution in [0.5, 0.6) is 0 Å². The van der Waals surface area contributed by atoms with Crippen molar-refractivity contribution in [3.63, 3.8) is 0 Å². The van der Waals surface area contributed by atoms with Crippen molar-refractivity contribution in [3.05, 3.63) is 28.1 Å². The van der Waals surface area contributed by atoms with Crippen molar-refractivity contribution in [2.45, 2.75) is 6.92 Å². The third-order valence-corrected chi connectivity index (χ3v) is 2.26. The number of benzene rings is 1. The van der Waals surface area contributed by atoms with Crippen molar-refractivity contribution in [2.75, 3.05) is 0 Å². The van der Waals surface area contributed by atoms with E-state index in [0.29, 0.717) is 21.1 Å². The highest BCUT2D eigenvalue weighted by Crippen LogP contribution is 2.27. The summed E-state index contributed by atoms with van der Waals surface area (Å²) in [5, 5.41) is 4.44. The monoisotopic (exact) mass is 229 g/mol. The normalized spacial score (nSPS) is 10.9. The molecule has 1 aromatic heterocycles. The minimum atomic E-state index is -0.291. The van der Waals surface area contributed by atoms with Gasteiger partial charge in [-0.05, 0) is 35.0 Å². The second-order valence-corrected chi connectivity index (χ2v) is 3.39. The van der Waals surface area contributed by atoms with Gasteiger partial charge < -0.3 is 4.52 Å². The molecule has 0 N–H and O–H groups in total. The van der Waals surface area contributed by atoms with Gasteiger partial charge in [0.2, 0.25) is 0 Å². The molecular weight excluding hydrogens is 225 g/mol. The van der Waals surface area contributed by atoms with Gasteiger partial charge in [0.25, 0.3) is 0 Å². The number of rotatable bonds is 0. The first kappa shape index (κ1) is 7.73. The topological polar surface area (TPSA) is 26.0 Å². The van der Waals surface area contributed by atoms with Crippen LogP contribution >= 0.6 is 15.9 Å². The fourth-order valence-electron chi connectivity index (χ4n) is 1.09. The standard InChI is InChI=1S/C8H5BrFNO/c1-4-6-2-5(10)3-7(9)8(6)12-11-4/h2-3H,1H3. The van der Waals surface area contributed by atoms with Crippen LogP contribution in [0.1, 0.15) is 5.69 Å². The van der Waals surface area contributed by atoms with E-state index in [-0.39, 0.29) is 5.82 Å². The van der Waals surface area contributed by atoms with Gasteiger partial charge >= 0.3 is 0 Å². The molecule has 0 bridgehead atoms. The molecule has 0 atom stereocenters. The first-order valence-electron chi connectivity index (χ1n) is 3.39. The Labute approximate surface area is 76.5 Å². The molecule has 62 valence electrons. The molecule has 0 saturated heterocycles. The highest BCUT2D eigenvalue weighted by molar-refractivity contribution is 9.10. The molecule has 2 nitrogen and oxygen atoms in total. The Kier molecular flexibility index (Phi) is 1.65. The van der Waals surface area contributed by atoms with E-state index in [1.807, 2.05) is 0 Å². The smallest absolute Gasteiger partial charge is 0.181 e. The lowest BCUT2D eigenvalue weighted by molar-refractivity contribution is 0.449. The SMILES string of the molecule is Cc1noc2c(Br)cc(F)cc12. The van der Waals surface area contributed by atoms with Crippen LogP contribution in [0.4, 0.5) is 4.39 Å². The summed E-state index contributed by atoms with van der Waals surface area (Å²) in [4.78, 5) is 0. The van der Waals surface area contributed by atoms with Crippen LogP contribution in [0.25, 0.3) is 11.0 Å². The molecule has 0 amide bonds. The van der Waals surface area contributed by atoms with Crippen LogP contribution in [0.3, 0.4) is 0 Å². The molecule has 0 aliphatic heterocycles. The largest absolute Gasteiger partial charge is 0.355 e. The molecule has 2 aromatic rings. The summed E-state index contributed by atoms with van der Waals surface area (Å²) in [5.74, 6) is -0.291. The highest BCUT2D eigenvalue weighted by atomic mass is 79.9. The van der Waals surface area contributed by atoms with Gasteiger partial charge in [-0.2, -0.15) is 0 Å². The third kappa shape index (κ3) is 1.03. The number of aromatic nitrogens is 1. The van der Waals surface area contributed by atoms with Crippen molar-refractivity contribution in [2.24, 2.45) is 0 Å².